The van der Waals surface area contributed by atoms with E-state index in [9.17, 15) is 9.59 Å². The minimum Gasteiger partial charge on any atom is -0.350 e. The maximum atomic E-state index is 12.0. The number of rotatable bonds is 5. The molecule has 6 heteroatoms. The lowest BCUT2D eigenvalue weighted by Gasteiger charge is -2.09. The molecule has 1 aromatic heterocycles. The molecule has 2 rings (SSSR count). The van der Waals surface area contributed by atoms with Gasteiger partial charge in [-0.2, -0.15) is 5.10 Å². The second-order valence-corrected chi connectivity index (χ2v) is 4.87. The lowest BCUT2D eigenvalue weighted by atomic mass is 10.1. The minimum absolute atomic E-state index is 0.0645. The third-order valence-corrected chi connectivity index (χ3v) is 3.29. The van der Waals surface area contributed by atoms with Crippen LogP contribution in [0, 0.1) is 0 Å². The van der Waals surface area contributed by atoms with Gasteiger partial charge in [0.2, 0.25) is 5.91 Å². The predicted octanol–water partition coefficient (Wildman–Crippen LogP) is 1.57. The summed E-state index contributed by atoms with van der Waals surface area (Å²) in [6.45, 7) is 0.301. The van der Waals surface area contributed by atoms with Crippen LogP contribution in [0.3, 0.4) is 0 Å². The van der Waals surface area contributed by atoms with Crippen LogP contribution in [0.5, 0.6) is 0 Å². The quantitative estimate of drug-likeness (QED) is 0.851. The zero-order valence-corrected chi connectivity index (χ0v) is 12.0. The molecule has 0 saturated heterocycles. The van der Waals surface area contributed by atoms with E-state index in [0.717, 1.165) is 5.39 Å². The number of nitrogens with zero attached hydrogens (tertiary/aromatic N) is 2. The van der Waals surface area contributed by atoms with Crippen molar-refractivity contribution in [2.45, 2.75) is 19.4 Å². The number of nitrogens with one attached hydrogen (secondary N) is 1. The molecule has 0 fully saturated rings. The van der Waals surface area contributed by atoms with Crippen LogP contribution in [0.15, 0.2) is 29.1 Å². The first-order valence-corrected chi connectivity index (χ1v) is 6.94. The number of hydrogen-bond donors (Lipinski definition) is 1. The van der Waals surface area contributed by atoms with Crippen molar-refractivity contribution < 1.29 is 4.79 Å². The van der Waals surface area contributed by atoms with E-state index in [1.54, 1.807) is 13.1 Å². The van der Waals surface area contributed by atoms with Crippen LogP contribution in [0.1, 0.15) is 18.5 Å². The topological polar surface area (TPSA) is 64.0 Å². The summed E-state index contributed by atoms with van der Waals surface area (Å²) in [5.41, 5.74) is 0.541. The fourth-order valence-corrected chi connectivity index (χ4v) is 2.14. The number of alkyl halides is 1. The molecule has 0 aliphatic carbocycles. The Morgan fingerprint density at radius 1 is 1.35 bits per heavy atom. The molecule has 1 N–H and O–H groups in total. The Morgan fingerprint density at radius 3 is 2.75 bits per heavy atom. The largest absolute Gasteiger partial charge is 0.350 e. The molecule has 1 heterocycles. The van der Waals surface area contributed by atoms with Crippen LogP contribution in [-0.4, -0.2) is 21.6 Å². The maximum absolute atomic E-state index is 12.0. The Kier molecular flexibility index (Phi) is 4.74. The predicted molar refractivity (Wildman–Crippen MR) is 78.8 cm³/mol. The van der Waals surface area contributed by atoms with Crippen LogP contribution in [-0.2, 0) is 18.4 Å². The van der Waals surface area contributed by atoms with Gasteiger partial charge in [0.05, 0.1) is 17.6 Å². The average Bonchev–Trinajstić information content (AvgIpc) is 2.47. The number of halogens is 1. The Morgan fingerprint density at radius 2 is 2.05 bits per heavy atom. The summed E-state index contributed by atoms with van der Waals surface area (Å²) >= 11 is 5.55. The van der Waals surface area contributed by atoms with Gasteiger partial charge < -0.3 is 5.32 Å². The highest BCUT2D eigenvalue weighted by molar-refractivity contribution is 6.17. The molecule has 0 saturated carbocycles. The van der Waals surface area contributed by atoms with Gasteiger partial charge in [0, 0.05) is 24.7 Å². The van der Waals surface area contributed by atoms with Crippen LogP contribution < -0.4 is 10.9 Å². The first-order valence-electron chi connectivity index (χ1n) is 6.41. The number of carbonyl (C=O) groups is 1. The molecule has 5 nitrogen and oxygen atoms in total. The lowest BCUT2D eigenvalue weighted by Crippen LogP contribution is -2.27. The summed E-state index contributed by atoms with van der Waals surface area (Å²) in [7, 11) is 1.60. The number of benzene rings is 1. The summed E-state index contributed by atoms with van der Waals surface area (Å²) in [6, 6.07) is 7.26. The van der Waals surface area contributed by atoms with E-state index in [1.807, 2.05) is 18.2 Å². The summed E-state index contributed by atoms with van der Waals surface area (Å²) in [5.74, 6) is 0.402. The summed E-state index contributed by atoms with van der Waals surface area (Å²) in [5, 5.41) is 8.39. The normalized spacial score (nSPS) is 10.7. The fraction of sp³-hybridized carbons (Fsp3) is 0.357. The third kappa shape index (κ3) is 3.17. The van der Waals surface area contributed by atoms with Crippen molar-refractivity contribution in [3.63, 3.8) is 0 Å². The molecule has 1 aromatic carbocycles. The molecule has 2 aromatic rings. The highest BCUT2D eigenvalue weighted by Crippen LogP contribution is 2.12. The highest BCUT2D eigenvalue weighted by atomic mass is 35.5. The molecule has 0 bridgehead atoms. The minimum atomic E-state index is -0.141. The second-order valence-electron chi connectivity index (χ2n) is 4.49. The van der Waals surface area contributed by atoms with Gasteiger partial charge in [-0.15, -0.1) is 11.6 Å². The molecular weight excluding hydrogens is 278 g/mol. The average molecular weight is 294 g/mol. The number of carbonyl (C=O) groups excluding carboxylic acids is 1. The lowest BCUT2D eigenvalue weighted by molar-refractivity contribution is -0.121. The molecule has 106 valence electrons. The molecular formula is C14H16ClN3O2. The SMILES string of the molecule is Cn1nc(CNC(=O)CCCCl)c2ccccc2c1=O. The Balaban J connectivity index is 2.24. The highest BCUT2D eigenvalue weighted by Gasteiger charge is 2.09. The first-order chi connectivity index (χ1) is 9.63. The van der Waals surface area contributed by atoms with E-state index < -0.39 is 0 Å². The van der Waals surface area contributed by atoms with Gasteiger partial charge >= 0.3 is 0 Å². The van der Waals surface area contributed by atoms with Crippen molar-refractivity contribution in [3.8, 4) is 0 Å². The third-order valence-electron chi connectivity index (χ3n) is 3.02. The Hall–Kier alpha value is -1.88. The van der Waals surface area contributed by atoms with Crippen molar-refractivity contribution >= 4 is 28.3 Å². The monoisotopic (exact) mass is 293 g/mol. The molecule has 20 heavy (non-hydrogen) atoms. The van der Waals surface area contributed by atoms with Crippen molar-refractivity contribution in [3.05, 3.63) is 40.3 Å². The van der Waals surface area contributed by atoms with Gasteiger partial charge in [-0.25, -0.2) is 4.68 Å². The number of aryl methyl sites for hydroxylation is 1. The van der Waals surface area contributed by atoms with Crippen molar-refractivity contribution in [2.75, 3.05) is 5.88 Å². The number of amides is 1. The van der Waals surface area contributed by atoms with Crippen molar-refractivity contribution in [1.29, 1.82) is 0 Å². The molecule has 0 aliphatic rings. The van der Waals surface area contributed by atoms with Gasteiger partial charge in [-0.3, -0.25) is 9.59 Å². The smallest absolute Gasteiger partial charge is 0.274 e. The zero-order chi connectivity index (χ0) is 14.5. The second kappa shape index (κ2) is 6.52. The van der Waals surface area contributed by atoms with E-state index in [4.69, 9.17) is 11.6 Å². The van der Waals surface area contributed by atoms with Crippen LogP contribution in [0.2, 0.25) is 0 Å². The van der Waals surface area contributed by atoms with Gasteiger partial charge in [0.15, 0.2) is 0 Å². The molecule has 0 atom stereocenters. The first kappa shape index (κ1) is 14.5. The molecule has 0 aliphatic heterocycles. The van der Waals surface area contributed by atoms with E-state index in [2.05, 4.69) is 10.4 Å². The van der Waals surface area contributed by atoms with Gasteiger partial charge in [0.25, 0.3) is 5.56 Å². The molecule has 0 radical (unpaired) electrons. The van der Waals surface area contributed by atoms with Crippen LogP contribution in [0.25, 0.3) is 10.8 Å². The Labute approximate surface area is 121 Å². The summed E-state index contributed by atoms with van der Waals surface area (Å²) in [6.07, 6.45) is 1.04. The maximum Gasteiger partial charge on any atom is 0.274 e. The Bertz CT molecular complexity index is 682. The fourth-order valence-electron chi connectivity index (χ4n) is 2.00. The number of fused-ring (bicyclic) bond motifs is 1. The van der Waals surface area contributed by atoms with Gasteiger partial charge in [-0.1, -0.05) is 18.2 Å². The molecule has 0 unspecified atom stereocenters. The van der Waals surface area contributed by atoms with Crippen LogP contribution >= 0.6 is 11.6 Å². The van der Waals surface area contributed by atoms with E-state index in [-0.39, 0.29) is 11.5 Å². The number of hydrogen-bond acceptors (Lipinski definition) is 3. The van der Waals surface area contributed by atoms with Crippen molar-refractivity contribution in [2.24, 2.45) is 7.05 Å². The summed E-state index contributed by atoms with van der Waals surface area (Å²) < 4.78 is 1.29. The zero-order valence-electron chi connectivity index (χ0n) is 11.2. The molecule has 1 amide bonds. The van der Waals surface area contributed by atoms with E-state index in [0.29, 0.717) is 36.3 Å². The standard InChI is InChI=1S/C14H16ClN3O2/c1-18-14(20)11-6-3-2-5-10(11)12(17-18)9-16-13(19)7-4-8-15/h2-3,5-6H,4,7-9H2,1H3,(H,16,19). The van der Waals surface area contributed by atoms with E-state index >= 15 is 0 Å². The molecule has 0 spiro atoms. The summed E-state index contributed by atoms with van der Waals surface area (Å²) in [4.78, 5) is 23.6. The van der Waals surface area contributed by atoms with Crippen molar-refractivity contribution in [1.82, 2.24) is 15.1 Å². The van der Waals surface area contributed by atoms with Crippen LogP contribution in [0.4, 0.5) is 0 Å². The number of aromatic nitrogens is 2. The van der Waals surface area contributed by atoms with Gasteiger partial charge in [-0.05, 0) is 12.5 Å². The van der Waals surface area contributed by atoms with Gasteiger partial charge in [0.1, 0.15) is 0 Å². The van der Waals surface area contributed by atoms with E-state index in [1.165, 1.54) is 4.68 Å².